The first-order valence-corrected chi connectivity index (χ1v) is 13.3. The molecule has 2 aromatic carbocycles. The molecule has 6 rings (SSSR count). The van der Waals surface area contributed by atoms with Gasteiger partial charge in [-0.3, -0.25) is 19.3 Å². The van der Waals surface area contributed by atoms with E-state index in [-0.39, 0.29) is 37.9 Å². The van der Waals surface area contributed by atoms with Crippen LogP contribution in [0.2, 0.25) is 0 Å². The fourth-order valence-corrected chi connectivity index (χ4v) is 6.47. The first kappa shape index (κ1) is 24.4. The van der Waals surface area contributed by atoms with Crippen molar-refractivity contribution in [1.82, 2.24) is 0 Å². The third-order valence-corrected chi connectivity index (χ3v) is 8.26. The van der Waals surface area contributed by atoms with E-state index in [2.05, 4.69) is 0 Å². The second-order valence-electron chi connectivity index (χ2n) is 9.36. The molecule has 0 spiro atoms. The lowest BCUT2D eigenvalue weighted by Gasteiger charge is -2.42. The molecule has 3 heterocycles. The third-order valence-electron chi connectivity index (χ3n) is 7.25. The zero-order valence-electron chi connectivity index (χ0n) is 20.5. The number of anilines is 1. The van der Waals surface area contributed by atoms with Gasteiger partial charge in [0.25, 0.3) is 0 Å². The van der Waals surface area contributed by atoms with Crippen LogP contribution in [-0.2, 0) is 19.1 Å². The largest absolute Gasteiger partial charge is 0.465 e. The molecule has 0 N–H and O–H groups in total. The zero-order valence-corrected chi connectivity index (χ0v) is 21.3. The van der Waals surface area contributed by atoms with Crippen molar-refractivity contribution in [3.8, 4) is 11.5 Å². The van der Waals surface area contributed by atoms with Crippen molar-refractivity contribution in [3.63, 3.8) is 0 Å². The molecule has 3 aromatic rings. The van der Waals surface area contributed by atoms with Gasteiger partial charge < -0.3 is 14.2 Å². The number of nitrogens with zero attached hydrogens (tertiary/aromatic N) is 1. The predicted molar refractivity (Wildman–Crippen MR) is 138 cm³/mol. The minimum atomic E-state index is -1.04. The third kappa shape index (κ3) is 4.07. The SMILES string of the molecule is CCOC(=O)[C@@H]1C(=O)C2=C(C[C@H]1c1cccs1)N(c1ccc(F)cc1)C(=O)C[C@@H]2c1ccc2c(c1)OCO2. The highest BCUT2D eigenvalue weighted by molar-refractivity contribution is 7.10. The van der Waals surface area contributed by atoms with Gasteiger partial charge >= 0.3 is 5.97 Å². The van der Waals surface area contributed by atoms with E-state index in [1.165, 1.54) is 40.5 Å². The summed E-state index contributed by atoms with van der Waals surface area (Å²) in [6.45, 7) is 1.96. The highest BCUT2D eigenvalue weighted by Gasteiger charge is 2.50. The number of ether oxygens (including phenoxy) is 3. The summed E-state index contributed by atoms with van der Waals surface area (Å²) >= 11 is 1.45. The highest BCUT2D eigenvalue weighted by atomic mass is 32.1. The van der Waals surface area contributed by atoms with E-state index in [4.69, 9.17) is 14.2 Å². The van der Waals surface area contributed by atoms with Crippen LogP contribution in [0.25, 0.3) is 0 Å². The van der Waals surface area contributed by atoms with Crippen molar-refractivity contribution >= 4 is 34.7 Å². The van der Waals surface area contributed by atoms with Gasteiger partial charge in [0.05, 0.1) is 6.61 Å². The van der Waals surface area contributed by atoms with Gasteiger partial charge in [-0.05, 0) is 66.8 Å². The molecule has 38 heavy (non-hydrogen) atoms. The zero-order chi connectivity index (χ0) is 26.4. The number of Topliss-reactive ketones (excluding diaryl/α,β-unsaturated/α-hetero) is 1. The Bertz CT molecular complexity index is 1450. The molecule has 0 radical (unpaired) electrons. The van der Waals surface area contributed by atoms with E-state index >= 15 is 0 Å². The Morgan fingerprint density at radius 1 is 1.08 bits per heavy atom. The molecule has 1 amide bonds. The number of carbonyl (C=O) groups excluding carboxylic acids is 3. The fourth-order valence-electron chi connectivity index (χ4n) is 5.61. The predicted octanol–water partition coefficient (Wildman–Crippen LogP) is 5.33. The molecule has 1 aromatic heterocycles. The summed E-state index contributed by atoms with van der Waals surface area (Å²) < 4.78 is 30.1. The van der Waals surface area contributed by atoms with Crippen molar-refractivity contribution in [3.05, 3.63) is 87.5 Å². The van der Waals surface area contributed by atoms with Crippen LogP contribution in [0.5, 0.6) is 11.5 Å². The lowest BCUT2D eigenvalue weighted by molar-refractivity contribution is -0.152. The van der Waals surface area contributed by atoms with Crippen LogP contribution in [0, 0.1) is 11.7 Å². The summed E-state index contributed by atoms with van der Waals surface area (Å²) in [5.41, 5.74) is 2.12. The van der Waals surface area contributed by atoms with Crippen molar-refractivity contribution in [2.45, 2.75) is 31.6 Å². The topological polar surface area (TPSA) is 82.1 Å². The average Bonchev–Trinajstić information content (AvgIpc) is 3.61. The molecule has 2 aliphatic heterocycles. The Labute approximate surface area is 222 Å². The van der Waals surface area contributed by atoms with Crippen LogP contribution < -0.4 is 14.4 Å². The van der Waals surface area contributed by atoms with Gasteiger partial charge in [0, 0.05) is 40.1 Å². The maximum atomic E-state index is 14.3. The number of thiophene rings is 1. The summed E-state index contributed by atoms with van der Waals surface area (Å²) in [4.78, 5) is 43.6. The molecule has 3 atom stereocenters. The van der Waals surface area contributed by atoms with E-state index < -0.39 is 29.5 Å². The molecule has 0 unspecified atom stereocenters. The monoisotopic (exact) mass is 533 g/mol. The fraction of sp³-hybridized carbons (Fsp3) is 0.276. The number of rotatable bonds is 5. The maximum Gasteiger partial charge on any atom is 0.317 e. The van der Waals surface area contributed by atoms with E-state index in [1.54, 1.807) is 19.1 Å². The number of carbonyl (C=O) groups is 3. The van der Waals surface area contributed by atoms with Gasteiger partial charge in [-0.15, -0.1) is 11.3 Å². The summed E-state index contributed by atoms with van der Waals surface area (Å²) in [6.07, 6.45) is 0.274. The summed E-state index contributed by atoms with van der Waals surface area (Å²) in [6, 6.07) is 14.8. The molecule has 3 aliphatic rings. The second-order valence-corrected chi connectivity index (χ2v) is 10.3. The lowest BCUT2D eigenvalue weighted by Crippen LogP contribution is -2.46. The number of hydrogen-bond acceptors (Lipinski definition) is 7. The molecule has 0 saturated carbocycles. The normalized spacial score (nSPS) is 22.5. The molecule has 0 fully saturated rings. The van der Waals surface area contributed by atoms with E-state index in [9.17, 15) is 18.8 Å². The molecule has 0 saturated heterocycles. The maximum absolute atomic E-state index is 14.3. The number of benzene rings is 2. The van der Waals surface area contributed by atoms with E-state index in [0.29, 0.717) is 28.5 Å². The number of allylic oxidation sites excluding steroid dienone is 2. The van der Waals surface area contributed by atoms with Gasteiger partial charge in [0.15, 0.2) is 17.3 Å². The summed E-state index contributed by atoms with van der Waals surface area (Å²) in [7, 11) is 0. The Morgan fingerprint density at radius 2 is 1.87 bits per heavy atom. The van der Waals surface area contributed by atoms with Crippen LogP contribution >= 0.6 is 11.3 Å². The second kappa shape index (κ2) is 9.72. The first-order valence-electron chi connectivity index (χ1n) is 12.4. The highest BCUT2D eigenvalue weighted by Crippen LogP contribution is 2.50. The van der Waals surface area contributed by atoms with E-state index in [0.717, 1.165) is 10.4 Å². The van der Waals surface area contributed by atoms with Crippen molar-refractivity contribution in [1.29, 1.82) is 0 Å². The van der Waals surface area contributed by atoms with Gasteiger partial charge in [-0.2, -0.15) is 0 Å². The van der Waals surface area contributed by atoms with Crippen LogP contribution in [-0.4, -0.2) is 31.1 Å². The van der Waals surface area contributed by atoms with Gasteiger partial charge in [0.2, 0.25) is 12.7 Å². The quantitative estimate of drug-likeness (QED) is 0.326. The van der Waals surface area contributed by atoms with Crippen molar-refractivity contribution in [2.24, 2.45) is 5.92 Å². The number of esters is 1. The van der Waals surface area contributed by atoms with Gasteiger partial charge in [-0.25, -0.2) is 4.39 Å². The van der Waals surface area contributed by atoms with Crippen LogP contribution in [0.4, 0.5) is 10.1 Å². The minimum Gasteiger partial charge on any atom is -0.465 e. The molecular weight excluding hydrogens is 509 g/mol. The smallest absolute Gasteiger partial charge is 0.317 e. The Balaban J connectivity index is 1.54. The van der Waals surface area contributed by atoms with Gasteiger partial charge in [-0.1, -0.05) is 12.1 Å². The number of hydrogen-bond donors (Lipinski definition) is 0. The number of ketones is 1. The average molecular weight is 534 g/mol. The Morgan fingerprint density at radius 3 is 2.61 bits per heavy atom. The molecule has 1 aliphatic carbocycles. The summed E-state index contributed by atoms with van der Waals surface area (Å²) in [5, 5.41) is 1.89. The van der Waals surface area contributed by atoms with E-state index in [1.807, 2.05) is 23.6 Å². The number of fused-ring (bicyclic) bond motifs is 1. The number of halogens is 1. The number of amides is 1. The lowest BCUT2D eigenvalue weighted by atomic mass is 9.69. The van der Waals surface area contributed by atoms with Crippen LogP contribution in [0.1, 0.15) is 42.0 Å². The van der Waals surface area contributed by atoms with Crippen LogP contribution in [0.3, 0.4) is 0 Å². The van der Waals surface area contributed by atoms with Crippen molar-refractivity contribution in [2.75, 3.05) is 18.3 Å². The Hall–Kier alpha value is -3.98. The van der Waals surface area contributed by atoms with Crippen LogP contribution in [0.15, 0.2) is 71.2 Å². The van der Waals surface area contributed by atoms with Crippen molar-refractivity contribution < 1.29 is 33.0 Å². The Kier molecular flexibility index (Phi) is 6.23. The molecule has 194 valence electrons. The standard InChI is InChI=1S/C29H24FNO6S/c1-2-35-29(34)27-20(24-4-3-11-38-24)13-21-26(28(27)33)19(16-5-10-22-23(12-16)37-15-36-22)14-25(32)31(21)18-8-6-17(30)7-9-18/h3-12,19-20,27H,2,13-15H2,1H3/t19-,20+,27+/m1/s1. The summed E-state index contributed by atoms with van der Waals surface area (Å²) in [5.74, 6) is -2.55. The molecule has 7 nitrogen and oxygen atoms in total. The van der Waals surface area contributed by atoms with Gasteiger partial charge in [0.1, 0.15) is 11.7 Å². The minimum absolute atomic E-state index is 0.000801. The molecular formula is C29H24FNO6S. The molecule has 0 bridgehead atoms. The molecule has 9 heteroatoms. The first-order chi connectivity index (χ1) is 18.5.